The van der Waals surface area contributed by atoms with E-state index in [0.717, 1.165) is 30.9 Å². The minimum absolute atomic E-state index is 0. The molecule has 0 saturated carbocycles. The van der Waals surface area contributed by atoms with Crippen LogP contribution in [0.1, 0.15) is 25.3 Å². The smallest absolute Gasteiger partial charge is 0.387 e. The van der Waals surface area contributed by atoms with Crippen LogP contribution in [0.15, 0.2) is 29.3 Å². The van der Waals surface area contributed by atoms with Gasteiger partial charge < -0.3 is 15.0 Å². The topological polar surface area (TPSA) is 74.2 Å². The summed E-state index contributed by atoms with van der Waals surface area (Å²) in [6.45, 7) is 2.15. The Morgan fingerprint density at radius 3 is 2.40 bits per heavy atom. The van der Waals surface area contributed by atoms with E-state index in [1.54, 1.807) is 12.1 Å². The zero-order chi connectivity index (χ0) is 21.4. The van der Waals surface area contributed by atoms with Gasteiger partial charge in [0.2, 0.25) is 10.0 Å². The number of alkyl halides is 2. The highest BCUT2D eigenvalue weighted by molar-refractivity contribution is 14.0. The second-order valence-electron chi connectivity index (χ2n) is 7.18. The van der Waals surface area contributed by atoms with Gasteiger partial charge in [0.1, 0.15) is 5.75 Å². The molecule has 7 nitrogen and oxygen atoms in total. The molecule has 1 aromatic rings. The fourth-order valence-electron chi connectivity index (χ4n) is 3.23. The number of nitrogens with zero attached hydrogens (tertiary/aromatic N) is 3. The van der Waals surface area contributed by atoms with Gasteiger partial charge in [0.25, 0.3) is 0 Å². The molecule has 0 aliphatic carbocycles. The molecule has 1 fully saturated rings. The van der Waals surface area contributed by atoms with Gasteiger partial charge in [-0.15, -0.1) is 24.0 Å². The van der Waals surface area contributed by atoms with Gasteiger partial charge in [-0.25, -0.2) is 12.7 Å². The molecule has 0 amide bonds. The van der Waals surface area contributed by atoms with Gasteiger partial charge in [0.05, 0.1) is 6.26 Å². The fraction of sp³-hybridized carbons (Fsp3) is 0.632. The summed E-state index contributed by atoms with van der Waals surface area (Å²) in [4.78, 5) is 6.69. The Hall–Kier alpha value is -1.21. The highest BCUT2D eigenvalue weighted by atomic mass is 127. The van der Waals surface area contributed by atoms with Crippen LogP contribution in [-0.4, -0.2) is 69.7 Å². The maximum Gasteiger partial charge on any atom is 0.387 e. The molecule has 0 radical (unpaired) electrons. The largest absolute Gasteiger partial charge is 0.435 e. The lowest BCUT2D eigenvalue weighted by atomic mass is 9.98. The lowest BCUT2D eigenvalue weighted by Gasteiger charge is -2.30. The van der Waals surface area contributed by atoms with Crippen LogP contribution in [0.25, 0.3) is 0 Å². The summed E-state index contributed by atoms with van der Waals surface area (Å²) in [5.41, 5.74) is 0.946. The third-order valence-corrected chi connectivity index (χ3v) is 6.11. The second-order valence-corrected chi connectivity index (χ2v) is 9.16. The van der Waals surface area contributed by atoms with E-state index >= 15 is 0 Å². The molecule has 0 atom stereocenters. The van der Waals surface area contributed by atoms with Crippen molar-refractivity contribution in [1.29, 1.82) is 0 Å². The van der Waals surface area contributed by atoms with Crippen LogP contribution in [0.5, 0.6) is 5.75 Å². The van der Waals surface area contributed by atoms with Crippen LogP contribution in [0.4, 0.5) is 8.78 Å². The molecule has 1 aromatic carbocycles. The van der Waals surface area contributed by atoms with Gasteiger partial charge >= 0.3 is 6.61 Å². The van der Waals surface area contributed by atoms with Crippen molar-refractivity contribution < 1.29 is 21.9 Å². The van der Waals surface area contributed by atoms with E-state index in [-0.39, 0.29) is 29.7 Å². The van der Waals surface area contributed by atoms with Gasteiger partial charge in [0.15, 0.2) is 5.96 Å². The van der Waals surface area contributed by atoms with E-state index in [2.05, 4.69) is 10.1 Å². The van der Waals surface area contributed by atoms with Crippen molar-refractivity contribution in [2.75, 3.05) is 39.5 Å². The van der Waals surface area contributed by atoms with Crippen molar-refractivity contribution in [3.8, 4) is 5.75 Å². The highest BCUT2D eigenvalue weighted by Crippen LogP contribution is 2.20. The first-order valence-corrected chi connectivity index (χ1v) is 11.5. The number of piperidine rings is 1. The fourth-order valence-corrected chi connectivity index (χ4v) is 4.11. The summed E-state index contributed by atoms with van der Waals surface area (Å²) in [5.74, 6) is 1.24. The number of rotatable bonds is 8. The summed E-state index contributed by atoms with van der Waals surface area (Å²) >= 11 is 0. The van der Waals surface area contributed by atoms with Crippen LogP contribution in [0.2, 0.25) is 0 Å². The lowest BCUT2D eigenvalue weighted by Crippen LogP contribution is -2.40. The molecule has 2 rings (SSSR count). The maximum atomic E-state index is 12.3. The molecule has 1 aliphatic rings. The number of hydrogen-bond donors (Lipinski definition) is 1. The van der Waals surface area contributed by atoms with Crippen LogP contribution < -0.4 is 10.1 Å². The first-order chi connectivity index (χ1) is 13.7. The Morgan fingerprint density at radius 2 is 1.90 bits per heavy atom. The molecule has 0 aromatic heterocycles. The minimum Gasteiger partial charge on any atom is -0.435 e. The van der Waals surface area contributed by atoms with E-state index in [1.807, 2.05) is 18.9 Å². The van der Waals surface area contributed by atoms with E-state index in [9.17, 15) is 17.2 Å². The number of nitrogens with one attached hydrogen (secondary N) is 1. The van der Waals surface area contributed by atoms with E-state index in [4.69, 9.17) is 4.99 Å². The van der Waals surface area contributed by atoms with Gasteiger partial charge in [-0.1, -0.05) is 12.1 Å². The predicted molar refractivity (Wildman–Crippen MR) is 125 cm³/mol. The van der Waals surface area contributed by atoms with Crippen molar-refractivity contribution >= 4 is 40.0 Å². The van der Waals surface area contributed by atoms with Crippen molar-refractivity contribution in [2.45, 2.75) is 32.9 Å². The Bertz CT molecular complexity index is 770. The van der Waals surface area contributed by atoms with Gasteiger partial charge in [-0.05, 0) is 43.4 Å². The highest BCUT2D eigenvalue weighted by Gasteiger charge is 2.24. The van der Waals surface area contributed by atoms with E-state index in [0.29, 0.717) is 32.1 Å². The summed E-state index contributed by atoms with van der Waals surface area (Å²) in [6.07, 6.45) is 2.84. The van der Waals surface area contributed by atoms with Gasteiger partial charge in [0, 0.05) is 39.8 Å². The lowest BCUT2D eigenvalue weighted by molar-refractivity contribution is -0.0498. The number of sulfonamides is 1. The quantitative estimate of drug-likeness (QED) is 0.301. The van der Waals surface area contributed by atoms with E-state index < -0.39 is 16.6 Å². The van der Waals surface area contributed by atoms with Crippen LogP contribution in [0, 0.1) is 5.92 Å². The Morgan fingerprint density at radius 1 is 1.30 bits per heavy atom. The Kier molecular flexibility index (Phi) is 11.3. The third kappa shape index (κ3) is 8.88. The molecule has 0 spiro atoms. The maximum absolute atomic E-state index is 12.3. The van der Waals surface area contributed by atoms with Crippen molar-refractivity contribution in [2.24, 2.45) is 10.9 Å². The number of guanidine groups is 1. The average Bonchev–Trinajstić information content (AvgIpc) is 2.66. The van der Waals surface area contributed by atoms with Crippen LogP contribution >= 0.6 is 24.0 Å². The summed E-state index contributed by atoms with van der Waals surface area (Å²) < 4.78 is 53.6. The van der Waals surface area contributed by atoms with E-state index in [1.165, 1.54) is 22.7 Å². The first kappa shape index (κ1) is 26.8. The molecule has 30 heavy (non-hydrogen) atoms. The monoisotopic (exact) mass is 560 g/mol. The zero-order valence-electron chi connectivity index (χ0n) is 17.6. The molecular weight excluding hydrogens is 529 g/mol. The summed E-state index contributed by atoms with van der Waals surface area (Å²) in [5, 5.41) is 3.26. The summed E-state index contributed by atoms with van der Waals surface area (Å²) in [7, 11) is -1.21. The van der Waals surface area contributed by atoms with Crippen molar-refractivity contribution in [1.82, 2.24) is 14.5 Å². The molecular formula is C19H31F2IN4O3S. The predicted octanol–water partition coefficient (Wildman–Crippen LogP) is 2.97. The normalized spacial score (nSPS) is 16.3. The summed E-state index contributed by atoms with van der Waals surface area (Å²) in [6, 6.07) is 6.54. The number of ether oxygens (including phenoxy) is 1. The number of aliphatic imine (C=N–C) groups is 1. The number of benzene rings is 1. The third-order valence-electron chi connectivity index (χ3n) is 4.81. The Balaban J connectivity index is 0.00000450. The molecule has 0 unspecified atom stereocenters. The minimum atomic E-state index is -3.12. The average molecular weight is 560 g/mol. The first-order valence-electron chi connectivity index (χ1n) is 9.67. The molecule has 172 valence electrons. The van der Waals surface area contributed by atoms with Gasteiger partial charge in [-0.3, -0.25) is 4.99 Å². The molecule has 1 N–H and O–H groups in total. The second kappa shape index (κ2) is 12.6. The molecule has 1 aliphatic heterocycles. The van der Waals surface area contributed by atoms with Crippen LogP contribution in [0.3, 0.4) is 0 Å². The number of halogens is 3. The van der Waals surface area contributed by atoms with Crippen LogP contribution in [-0.2, 0) is 16.6 Å². The molecule has 0 bridgehead atoms. The van der Waals surface area contributed by atoms with Crippen molar-refractivity contribution in [3.05, 3.63) is 29.8 Å². The molecule has 11 heteroatoms. The standard InChI is InChI=1S/C19H30F2N4O3S.HI/c1-4-22-19(23-13-15-9-11-25(12-10-15)29(3,26)27)24(2)14-16-5-7-17(8-6-16)28-18(20)21;/h5-8,15,18H,4,9-14H2,1-3H3,(H,22,23);1H. The molecule has 1 saturated heterocycles. The zero-order valence-corrected chi connectivity index (χ0v) is 20.7. The Labute approximate surface area is 194 Å². The SMILES string of the molecule is CCNC(=NCC1CCN(S(C)(=O)=O)CC1)N(C)Cc1ccc(OC(F)F)cc1.I. The van der Waals surface area contributed by atoms with Crippen molar-refractivity contribution in [3.63, 3.8) is 0 Å². The number of hydrogen-bond acceptors (Lipinski definition) is 4. The molecule has 1 heterocycles. The van der Waals surface area contributed by atoms with Gasteiger partial charge in [-0.2, -0.15) is 8.78 Å².